The minimum Gasteiger partial charge on any atom is -0.242 e. The minimum atomic E-state index is -3.75. The van der Waals surface area contributed by atoms with Crippen LogP contribution in [0, 0.1) is 12.3 Å². The van der Waals surface area contributed by atoms with Gasteiger partial charge in [-0.2, -0.15) is 4.72 Å². The first kappa shape index (κ1) is 14.5. The van der Waals surface area contributed by atoms with Gasteiger partial charge in [-0.05, 0) is 28.4 Å². The summed E-state index contributed by atoms with van der Waals surface area (Å²) in [5.41, 5.74) is 0. The molecule has 0 aliphatic carbocycles. The van der Waals surface area contributed by atoms with Crippen LogP contribution >= 0.6 is 27.5 Å². The Labute approximate surface area is 114 Å². The van der Waals surface area contributed by atoms with Crippen LogP contribution in [-0.4, -0.2) is 19.4 Å². The molecule has 0 bridgehead atoms. The Morgan fingerprint density at radius 2 is 2.35 bits per heavy atom. The fourth-order valence-corrected chi connectivity index (χ4v) is 3.26. The van der Waals surface area contributed by atoms with Crippen molar-refractivity contribution in [1.29, 1.82) is 0 Å². The lowest BCUT2D eigenvalue weighted by atomic mass is 10.3. The number of halogens is 2. The van der Waals surface area contributed by atoms with Crippen molar-refractivity contribution in [2.24, 2.45) is 0 Å². The van der Waals surface area contributed by atoms with Crippen molar-refractivity contribution in [2.75, 3.05) is 0 Å². The fraction of sp³-hybridized carbons (Fsp3) is 0.300. The largest absolute Gasteiger partial charge is 0.244 e. The molecule has 7 heteroatoms. The summed E-state index contributed by atoms with van der Waals surface area (Å²) in [5.74, 6) is 2.35. The van der Waals surface area contributed by atoms with E-state index in [-0.39, 0.29) is 10.0 Å². The van der Waals surface area contributed by atoms with Gasteiger partial charge in [0, 0.05) is 10.7 Å². The lowest BCUT2D eigenvalue weighted by molar-refractivity contribution is 0.570. The molecule has 92 valence electrons. The van der Waals surface area contributed by atoms with Gasteiger partial charge in [0.2, 0.25) is 10.0 Å². The van der Waals surface area contributed by atoms with Gasteiger partial charge in [-0.25, -0.2) is 13.4 Å². The van der Waals surface area contributed by atoms with Crippen molar-refractivity contribution < 1.29 is 8.42 Å². The molecule has 0 aromatic carbocycles. The maximum atomic E-state index is 12.0. The smallest absolute Gasteiger partial charge is 0.242 e. The molecular formula is C10H10BrClN2O2S. The van der Waals surface area contributed by atoms with Crippen LogP contribution in [0.25, 0.3) is 0 Å². The number of nitrogens with one attached hydrogen (secondary N) is 1. The van der Waals surface area contributed by atoms with Crippen molar-refractivity contribution >= 4 is 37.6 Å². The number of rotatable bonds is 4. The monoisotopic (exact) mass is 336 g/mol. The second kappa shape index (κ2) is 5.83. The second-order valence-electron chi connectivity index (χ2n) is 3.19. The molecule has 0 amide bonds. The summed E-state index contributed by atoms with van der Waals surface area (Å²) in [6.07, 6.45) is 7.11. The Bertz CT molecular complexity index is 554. The van der Waals surface area contributed by atoms with E-state index in [9.17, 15) is 8.42 Å². The molecule has 0 saturated heterocycles. The Morgan fingerprint density at radius 1 is 1.71 bits per heavy atom. The van der Waals surface area contributed by atoms with Crippen LogP contribution in [-0.2, 0) is 10.0 Å². The molecule has 0 fully saturated rings. The average Bonchev–Trinajstić information content (AvgIpc) is 2.29. The number of aromatic nitrogens is 1. The average molecular weight is 338 g/mol. The van der Waals surface area contributed by atoms with Crippen molar-refractivity contribution in [3.8, 4) is 12.3 Å². The quantitative estimate of drug-likeness (QED) is 0.677. The number of sulfonamides is 1. The van der Waals surface area contributed by atoms with E-state index in [0.29, 0.717) is 10.9 Å². The molecule has 17 heavy (non-hydrogen) atoms. The van der Waals surface area contributed by atoms with Gasteiger partial charge in [0.1, 0.15) is 10.0 Å². The van der Waals surface area contributed by atoms with Crippen molar-refractivity contribution in [2.45, 2.75) is 24.3 Å². The molecule has 0 radical (unpaired) electrons. The zero-order valence-electron chi connectivity index (χ0n) is 8.94. The van der Waals surface area contributed by atoms with Crippen LogP contribution in [0.4, 0.5) is 0 Å². The first-order valence-electron chi connectivity index (χ1n) is 4.70. The maximum absolute atomic E-state index is 12.0. The Hall–Kier alpha value is -0.610. The predicted octanol–water partition coefficient (Wildman–Crippen LogP) is 2.19. The first-order chi connectivity index (χ1) is 7.90. The van der Waals surface area contributed by atoms with E-state index in [2.05, 4.69) is 31.6 Å². The van der Waals surface area contributed by atoms with Gasteiger partial charge in [-0.3, -0.25) is 0 Å². The highest BCUT2D eigenvalue weighted by Crippen LogP contribution is 2.22. The van der Waals surface area contributed by atoms with Crippen molar-refractivity contribution in [3.63, 3.8) is 0 Å². The third-order valence-electron chi connectivity index (χ3n) is 1.97. The Balaban J connectivity index is 3.14. The van der Waals surface area contributed by atoms with E-state index in [0.717, 1.165) is 0 Å². The summed E-state index contributed by atoms with van der Waals surface area (Å²) in [5, 5.41) is -0.0902. The van der Waals surface area contributed by atoms with Crippen molar-refractivity contribution in [1.82, 2.24) is 9.71 Å². The zero-order chi connectivity index (χ0) is 13.1. The van der Waals surface area contributed by atoms with Crippen molar-refractivity contribution in [3.05, 3.63) is 21.9 Å². The van der Waals surface area contributed by atoms with Crippen LogP contribution in [0.3, 0.4) is 0 Å². The van der Waals surface area contributed by atoms with E-state index in [1.807, 2.05) is 0 Å². The van der Waals surface area contributed by atoms with Gasteiger partial charge in [-0.1, -0.05) is 24.4 Å². The number of nitrogens with zero attached hydrogens (tertiary/aromatic N) is 1. The molecule has 0 saturated carbocycles. The van der Waals surface area contributed by atoms with Crippen LogP contribution in [0.15, 0.2) is 21.6 Å². The summed E-state index contributed by atoms with van der Waals surface area (Å²) < 4.78 is 26.9. The minimum absolute atomic E-state index is 0.0902. The molecule has 1 aromatic rings. The third kappa shape index (κ3) is 3.68. The summed E-state index contributed by atoms with van der Waals surface area (Å²) in [6.45, 7) is 1.79. The normalized spacial score (nSPS) is 13.1. The molecule has 1 unspecified atom stereocenters. The van der Waals surface area contributed by atoms with E-state index >= 15 is 0 Å². The Morgan fingerprint density at radius 3 is 2.88 bits per heavy atom. The van der Waals surface area contributed by atoms with Gasteiger partial charge in [0.05, 0.1) is 6.04 Å². The molecule has 1 aromatic heterocycles. The number of hydrogen-bond acceptors (Lipinski definition) is 3. The number of terminal acetylenes is 1. The number of pyridine rings is 1. The van der Waals surface area contributed by atoms with Crippen LogP contribution in [0.5, 0.6) is 0 Å². The van der Waals surface area contributed by atoms with Crippen LogP contribution in [0.1, 0.15) is 13.3 Å². The summed E-state index contributed by atoms with van der Waals surface area (Å²) in [6, 6.07) is 0.816. The predicted molar refractivity (Wildman–Crippen MR) is 70.2 cm³/mol. The van der Waals surface area contributed by atoms with E-state index in [1.165, 1.54) is 12.3 Å². The van der Waals surface area contributed by atoms with Gasteiger partial charge >= 0.3 is 0 Å². The lowest BCUT2D eigenvalue weighted by Gasteiger charge is -2.12. The highest BCUT2D eigenvalue weighted by Gasteiger charge is 2.21. The molecule has 1 atom stereocenters. The van der Waals surface area contributed by atoms with Gasteiger partial charge < -0.3 is 0 Å². The van der Waals surface area contributed by atoms with Gasteiger partial charge in [-0.15, -0.1) is 6.42 Å². The highest BCUT2D eigenvalue weighted by molar-refractivity contribution is 9.10. The molecule has 1 heterocycles. The molecular weight excluding hydrogens is 328 g/mol. The topological polar surface area (TPSA) is 59.1 Å². The van der Waals surface area contributed by atoms with Crippen LogP contribution in [0.2, 0.25) is 5.15 Å². The van der Waals surface area contributed by atoms with Gasteiger partial charge in [0.15, 0.2) is 0 Å². The number of hydrogen-bond donors (Lipinski definition) is 1. The molecule has 4 nitrogen and oxygen atoms in total. The second-order valence-corrected chi connectivity index (χ2v) is 6.15. The molecule has 0 aliphatic rings. The van der Waals surface area contributed by atoms with Gasteiger partial charge in [0.25, 0.3) is 0 Å². The molecule has 0 aliphatic heterocycles. The summed E-state index contributed by atoms with van der Waals surface area (Å²) in [7, 11) is -3.75. The molecule has 1 N–H and O–H groups in total. The van der Waals surface area contributed by atoms with E-state index in [4.69, 9.17) is 18.0 Å². The van der Waals surface area contributed by atoms with E-state index in [1.54, 1.807) is 6.92 Å². The fourth-order valence-electron chi connectivity index (χ4n) is 1.08. The zero-order valence-corrected chi connectivity index (χ0v) is 12.1. The summed E-state index contributed by atoms with van der Waals surface area (Å²) in [4.78, 5) is 3.66. The third-order valence-corrected chi connectivity index (χ3v) is 4.30. The molecule has 0 spiro atoms. The summed E-state index contributed by atoms with van der Waals surface area (Å²) >= 11 is 8.88. The Kier molecular flexibility index (Phi) is 4.95. The maximum Gasteiger partial charge on any atom is 0.244 e. The first-order valence-corrected chi connectivity index (χ1v) is 7.35. The standard InChI is InChI=1S/C10H10BrClN2O2S/c1-3-8(4-2)14-17(15,16)9-5-7(11)6-13-10(9)12/h1,5-6,8,14H,4H2,2H3. The van der Waals surface area contributed by atoms with Crippen LogP contribution < -0.4 is 4.72 Å². The highest BCUT2D eigenvalue weighted by atomic mass is 79.9. The lowest BCUT2D eigenvalue weighted by Crippen LogP contribution is -2.33. The SMILES string of the molecule is C#CC(CC)NS(=O)(=O)c1cc(Br)cnc1Cl. The molecule has 1 rings (SSSR count). The van der Waals surface area contributed by atoms with E-state index < -0.39 is 16.1 Å².